The van der Waals surface area contributed by atoms with E-state index in [1.165, 1.54) is 5.56 Å². The van der Waals surface area contributed by atoms with Gasteiger partial charge in [-0.15, -0.1) is 0 Å². The van der Waals surface area contributed by atoms with E-state index in [2.05, 4.69) is 19.1 Å². The third-order valence-electron chi connectivity index (χ3n) is 3.05. The predicted molar refractivity (Wildman–Crippen MR) is 77.3 cm³/mol. The first-order chi connectivity index (χ1) is 9.29. The summed E-state index contributed by atoms with van der Waals surface area (Å²) in [6.07, 6.45) is 1.65. The van der Waals surface area contributed by atoms with E-state index in [0.29, 0.717) is 0 Å². The van der Waals surface area contributed by atoms with Gasteiger partial charge >= 0.3 is 0 Å². The summed E-state index contributed by atoms with van der Waals surface area (Å²) in [5.41, 5.74) is 2.20. The van der Waals surface area contributed by atoms with Gasteiger partial charge in [0.15, 0.2) is 0 Å². The van der Waals surface area contributed by atoms with Crippen molar-refractivity contribution in [3.05, 3.63) is 65.7 Å². The summed E-state index contributed by atoms with van der Waals surface area (Å²) in [6, 6.07) is 17.6. The quantitative estimate of drug-likeness (QED) is 0.853. The second-order valence-electron chi connectivity index (χ2n) is 4.63. The van der Waals surface area contributed by atoms with E-state index in [4.69, 9.17) is 4.74 Å². The molecule has 1 unspecified atom stereocenters. The lowest BCUT2D eigenvalue weighted by Gasteiger charge is -2.12. The number of hydrogen-bond acceptors (Lipinski definition) is 2. The maximum Gasteiger partial charge on any atom is 0.119 e. The molecule has 0 spiro atoms. The molecule has 2 aromatic rings. The maximum absolute atomic E-state index is 10.00. The van der Waals surface area contributed by atoms with E-state index in [1.807, 2.05) is 42.5 Å². The van der Waals surface area contributed by atoms with Gasteiger partial charge in [-0.3, -0.25) is 0 Å². The Bertz CT molecular complexity index is 476. The van der Waals surface area contributed by atoms with E-state index in [1.54, 1.807) is 0 Å². The Labute approximate surface area is 114 Å². The van der Waals surface area contributed by atoms with Crippen LogP contribution in [-0.2, 0) is 6.42 Å². The van der Waals surface area contributed by atoms with Crippen LogP contribution >= 0.6 is 0 Å². The lowest BCUT2D eigenvalue weighted by atomic mass is 10.1. The highest BCUT2D eigenvalue weighted by Crippen LogP contribution is 2.17. The minimum absolute atomic E-state index is 0.275. The van der Waals surface area contributed by atoms with Gasteiger partial charge in [-0.1, -0.05) is 55.8 Å². The van der Waals surface area contributed by atoms with Gasteiger partial charge in [0.1, 0.15) is 18.5 Å². The van der Waals surface area contributed by atoms with Crippen LogP contribution in [0.1, 0.15) is 30.6 Å². The van der Waals surface area contributed by atoms with Gasteiger partial charge in [-0.25, -0.2) is 0 Å². The van der Waals surface area contributed by atoms with Crippen LogP contribution in [0, 0.1) is 0 Å². The molecule has 1 N–H and O–H groups in total. The monoisotopic (exact) mass is 256 g/mol. The summed E-state index contributed by atoms with van der Waals surface area (Å²) in [4.78, 5) is 0. The van der Waals surface area contributed by atoms with Crippen LogP contribution in [0.3, 0.4) is 0 Å². The van der Waals surface area contributed by atoms with Crippen molar-refractivity contribution in [3.8, 4) is 5.75 Å². The Morgan fingerprint density at radius 1 is 1.00 bits per heavy atom. The molecule has 0 aliphatic heterocycles. The standard InChI is InChI=1S/C17H20O2/c1-2-6-14-9-11-16(12-10-14)19-13-17(18)15-7-4-3-5-8-15/h3-5,7-12,17-18H,2,6,13H2,1H3. The molecule has 2 rings (SSSR count). The van der Waals surface area contributed by atoms with Gasteiger partial charge in [0, 0.05) is 0 Å². The Balaban J connectivity index is 1.88. The maximum atomic E-state index is 10.00. The molecule has 0 heterocycles. The van der Waals surface area contributed by atoms with Gasteiger partial charge < -0.3 is 9.84 Å². The van der Waals surface area contributed by atoms with Crippen molar-refractivity contribution < 1.29 is 9.84 Å². The van der Waals surface area contributed by atoms with E-state index in [9.17, 15) is 5.11 Å². The van der Waals surface area contributed by atoms with Crippen LogP contribution in [-0.4, -0.2) is 11.7 Å². The number of benzene rings is 2. The number of aliphatic hydroxyl groups is 1. The first-order valence-electron chi connectivity index (χ1n) is 6.74. The van der Waals surface area contributed by atoms with Crippen LogP contribution in [0.4, 0.5) is 0 Å². The van der Waals surface area contributed by atoms with E-state index in [-0.39, 0.29) is 6.61 Å². The van der Waals surface area contributed by atoms with E-state index < -0.39 is 6.10 Å². The molecule has 0 saturated heterocycles. The third-order valence-corrected chi connectivity index (χ3v) is 3.05. The summed E-state index contributed by atoms with van der Waals surface area (Å²) in [5.74, 6) is 0.801. The first kappa shape index (κ1) is 13.6. The molecule has 0 amide bonds. The fourth-order valence-electron chi connectivity index (χ4n) is 1.99. The van der Waals surface area contributed by atoms with Gasteiger partial charge in [-0.2, -0.15) is 0 Å². The van der Waals surface area contributed by atoms with Crippen molar-refractivity contribution in [1.82, 2.24) is 0 Å². The minimum atomic E-state index is -0.587. The number of aliphatic hydroxyl groups excluding tert-OH is 1. The van der Waals surface area contributed by atoms with Crippen molar-refractivity contribution in [2.45, 2.75) is 25.9 Å². The molecule has 2 heteroatoms. The zero-order chi connectivity index (χ0) is 13.5. The molecule has 100 valence electrons. The predicted octanol–water partition coefficient (Wildman–Crippen LogP) is 3.75. The molecular formula is C17H20O2. The van der Waals surface area contributed by atoms with Crippen LogP contribution in [0.2, 0.25) is 0 Å². The molecule has 0 aliphatic carbocycles. The van der Waals surface area contributed by atoms with Gasteiger partial charge in [0.2, 0.25) is 0 Å². The van der Waals surface area contributed by atoms with Crippen molar-refractivity contribution in [2.24, 2.45) is 0 Å². The summed E-state index contributed by atoms with van der Waals surface area (Å²) < 4.78 is 5.61. The first-order valence-corrected chi connectivity index (χ1v) is 6.74. The molecule has 0 bridgehead atoms. The molecule has 0 saturated carbocycles. The van der Waals surface area contributed by atoms with Crippen molar-refractivity contribution >= 4 is 0 Å². The highest BCUT2D eigenvalue weighted by atomic mass is 16.5. The molecule has 0 aliphatic rings. The van der Waals surface area contributed by atoms with Crippen molar-refractivity contribution in [2.75, 3.05) is 6.61 Å². The minimum Gasteiger partial charge on any atom is -0.491 e. The largest absolute Gasteiger partial charge is 0.491 e. The molecule has 1 atom stereocenters. The second-order valence-corrected chi connectivity index (χ2v) is 4.63. The third kappa shape index (κ3) is 4.11. The van der Waals surface area contributed by atoms with Gasteiger partial charge in [0.25, 0.3) is 0 Å². The summed E-state index contributed by atoms with van der Waals surface area (Å²) in [6.45, 7) is 2.44. The number of hydrogen-bond donors (Lipinski definition) is 1. The normalized spacial score (nSPS) is 12.1. The van der Waals surface area contributed by atoms with Crippen LogP contribution in [0.25, 0.3) is 0 Å². The lowest BCUT2D eigenvalue weighted by molar-refractivity contribution is 0.108. The Kier molecular flexibility index (Phi) is 4.99. The zero-order valence-corrected chi connectivity index (χ0v) is 11.3. The molecule has 2 nitrogen and oxygen atoms in total. The van der Waals surface area contributed by atoms with Crippen molar-refractivity contribution in [1.29, 1.82) is 0 Å². The number of ether oxygens (including phenoxy) is 1. The van der Waals surface area contributed by atoms with Crippen LogP contribution < -0.4 is 4.74 Å². The fraction of sp³-hybridized carbons (Fsp3) is 0.294. The Hall–Kier alpha value is -1.80. The average Bonchev–Trinajstić information content (AvgIpc) is 2.47. The molecule has 0 radical (unpaired) electrons. The van der Waals surface area contributed by atoms with Crippen molar-refractivity contribution in [3.63, 3.8) is 0 Å². The topological polar surface area (TPSA) is 29.5 Å². The van der Waals surface area contributed by atoms with Crippen LogP contribution in [0.5, 0.6) is 5.75 Å². The fourth-order valence-corrected chi connectivity index (χ4v) is 1.99. The molecule has 0 fully saturated rings. The Morgan fingerprint density at radius 2 is 1.68 bits per heavy atom. The summed E-state index contributed by atoms with van der Waals surface area (Å²) >= 11 is 0. The zero-order valence-electron chi connectivity index (χ0n) is 11.3. The lowest BCUT2D eigenvalue weighted by Crippen LogP contribution is -2.09. The summed E-state index contributed by atoms with van der Waals surface area (Å²) in [7, 11) is 0. The molecule has 19 heavy (non-hydrogen) atoms. The Morgan fingerprint density at radius 3 is 2.32 bits per heavy atom. The van der Waals surface area contributed by atoms with E-state index in [0.717, 1.165) is 24.2 Å². The average molecular weight is 256 g/mol. The highest BCUT2D eigenvalue weighted by Gasteiger charge is 2.07. The smallest absolute Gasteiger partial charge is 0.119 e. The van der Waals surface area contributed by atoms with Crippen LogP contribution in [0.15, 0.2) is 54.6 Å². The van der Waals surface area contributed by atoms with Gasteiger partial charge in [0.05, 0.1) is 0 Å². The molecule has 0 aromatic heterocycles. The second kappa shape index (κ2) is 6.95. The molecule has 2 aromatic carbocycles. The van der Waals surface area contributed by atoms with Gasteiger partial charge in [-0.05, 0) is 29.7 Å². The summed E-state index contributed by atoms with van der Waals surface area (Å²) in [5, 5.41) is 10.00. The highest BCUT2D eigenvalue weighted by molar-refractivity contribution is 5.27. The molecular weight excluding hydrogens is 236 g/mol. The number of rotatable bonds is 6. The van der Waals surface area contributed by atoms with E-state index >= 15 is 0 Å². The number of aryl methyl sites for hydroxylation is 1. The SMILES string of the molecule is CCCc1ccc(OCC(O)c2ccccc2)cc1.